The van der Waals surface area contributed by atoms with E-state index in [1.165, 1.54) is 4.68 Å². The van der Waals surface area contributed by atoms with Crippen LogP contribution in [0.3, 0.4) is 0 Å². The highest BCUT2D eigenvalue weighted by Gasteiger charge is 2.10. The van der Waals surface area contributed by atoms with Gasteiger partial charge in [-0.2, -0.15) is 5.10 Å². The van der Waals surface area contributed by atoms with Crippen LogP contribution in [-0.4, -0.2) is 30.5 Å². The van der Waals surface area contributed by atoms with Crippen LogP contribution >= 0.6 is 0 Å². The van der Waals surface area contributed by atoms with Crippen LogP contribution in [0.1, 0.15) is 16.1 Å². The second-order valence-corrected chi connectivity index (χ2v) is 4.16. The number of carbonyl (C=O) groups excluding carboxylic acids is 1. The number of carbonyl (C=O) groups is 1. The van der Waals surface area contributed by atoms with Crippen molar-refractivity contribution >= 4 is 11.4 Å². The van der Waals surface area contributed by atoms with Crippen molar-refractivity contribution in [2.45, 2.75) is 6.54 Å². The summed E-state index contributed by atoms with van der Waals surface area (Å²) >= 11 is 0. The number of pyridine rings is 1. The Morgan fingerprint density at radius 3 is 3.11 bits per heavy atom. The minimum Gasteiger partial charge on any atom is -0.346 e. The first-order chi connectivity index (χ1) is 9.24. The van der Waals surface area contributed by atoms with Crippen molar-refractivity contribution in [1.29, 1.82) is 0 Å². The Morgan fingerprint density at radius 2 is 2.32 bits per heavy atom. The van der Waals surface area contributed by atoms with Gasteiger partial charge in [0, 0.05) is 25.4 Å². The van der Waals surface area contributed by atoms with Gasteiger partial charge in [0.1, 0.15) is 0 Å². The number of nitrogens with zero attached hydrogens (tertiary/aromatic N) is 5. The zero-order valence-electron chi connectivity index (χ0n) is 10.3. The second kappa shape index (κ2) is 4.52. The first-order valence-electron chi connectivity index (χ1n) is 5.80. The molecule has 7 nitrogen and oxygen atoms in total. The van der Waals surface area contributed by atoms with E-state index in [2.05, 4.69) is 20.7 Å². The van der Waals surface area contributed by atoms with Crippen molar-refractivity contribution in [1.82, 2.24) is 29.9 Å². The van der Waals surface area contributed by atoms with E-state index >= 15 is 0 Å². The summed E-state index contributed by atoms with van der Waals surface area (Å²) in [5.74, 6) is -0.247. The standard InChI is InChI=1S/C12H12N6O/c1-17-8-10(15-16-17)12(19)13-6-9-7-14-18-5-3-2-4-11(9)18/h2-5,7-8H,6H2,1H3,(H,13,19). The first kappa shape index (κ1) is 11.4. The van der Waals surface area contributed by atoms with Gasteiger partial charge in [0.25, 0.3) is 5.91 Å². The predicted molar refractivity (Wildman–Crippen MR) is 67.4 cm³/mol. The molecule has 0 saturated heterocycles. The zero-order valence-corrected chi connectivity index (χ0v) is 10.3. The highest BCUT2D eigenvalue weighted by molar-refractivity contribution is 5.91. The quantitative estimate of drug-likeness (QED) is 0.735. The fourth-order valence-electron chi connectivity index (χ4n) is 1.84. The summed E-state index contributed by atoms with van der Waals surface area (Å²) in [4.78, 5) is 11.8. The van der Waals surface area contributed by atoms with Crippen molar-refractivity contribution in [3.8, 4) is 0 Å². The number of hydrogen-bond donors (Lipinski definition) is 1. The summed E-state index contributed by atoms with van der Waals surface area (Å²) in [5.41, 5.74) is 2.23. The van der Waals surface area contributed by atoms with Gasteiger partial charge in [0.15, 0.2) is 5.69 Å². The molecule has 0 aliphatic carbocycles. The molecule has 0 fully saturated rings. The van der Waals surface area contributed by atoms with E-state index in [0.717, 1.165) is 11.1 Å². The third kappa shape index (κ3) is 2.17. The average Bonchev–Trinajstić information content (AvgIpc) is 3.02. The Hall–Kier alpha value is -2.70. The van der Waals surface area contributed by atoms with Gasteiger partial charge in [-0.15, -0.1) is 5.10 Å². The van der Waals surface area contributed by atoms with Crippen molar-refractivity contribution in [3.05, 3.63) is 48.0 Å². The summed E-state index contributed by atoms with van der Waals surface area (Å²) < 4.78 is 3.26. The van der Waals surface area contributed by atoms with E-state index in [0.29, 0.717) is 12.2 Å². The van der Waals surface area contributed by atoms with Crippen LogP contribution in [0.2, 0.25) is 0 Å². The molecule has 3 rings (SSSR count). The van der Waals surface area contributed by atoms with Gasteiger partial charge in [-0.1, -0.05) is 11.3 Å². The van der Waals surface area contributed by atoms with Crippen LogP contribution in [0.15, 0.2) is 36.8 Å². The lowest BCUT2D eigenvalue weighted by Crippen LogP contribution is -2.23. The molecule has 0 aliphatic rings. The maximum absolute atomic E-state index is 11.8. The van der Waals surface area contributed by atoms with Crippen LogP contribution in [0.4, 0.5) is 0 Å². The van der Waals surface area contributed by atoms with Gasteiger partial charge in [0.2, 0.25) is 0 Å². The number of aryl methyl sites for hydroxylation is 1. The van der Waals surface area contributed by atoms with Gasteiger partial charge in [-0.25, -0.2) is 4.52 Å². The smallest absolute Gasteiger partial charge is 0.273 e. The highest BCUT2D eigenvalue weighted by Crippen LogP contribution is 2.09. The molecule has 3 heterocycles. The predicted octanol–water partition coefficient (Wildman–Crippen LogP) is 0.393. The van der Waals surface area contributed by atoms with Gasteiger partial charge in [0.05, 0.1) is 17.9 Å². The lowest BCUT2D eigenvalue weighted by molar-refractivity contribution is 0.0946. The summed E-state index contributed by atoms with van der Waals surface area (Å²) in [6, 6.07) is 5.80. The van der Waals surface area contributed by atoms with E-state index in [-0.39, 0.29) is 5.91 Å². The van der Waals surface area contributed by atoms with E-state index in [1.54, 1.807) is 24.0 Å². The molecule has 3 aromatic rings. The van der Waals surface area contributed by atoms with E-state index in [4.69, 9.17) is 0 Å². The van der Waals surface area contributed by atoms with Crippen molar-refractivity contribution in [2.75, 3.05) is 0 Å². The summed E-state index contributed by atoms with van der Waals surface area (Å²) in [6.45, 7) is 0.406. The molecular weight excluding hydrogens is 244 g/mol. The molecule has 1 amide bonds. The fraction of sp³-hybridized carbons (Fsp3) is 0.167. The van der Waals surface area contributed by atoms with E-state index < -0.39 is 0 Å². The molecule has 0 aliphatic heterocycles. The molecule has 3 aromatic heterocycles. The Bertz CT molecular complexity index is 728. The molecule has 0 bridgehead atoms. The number of aromatic nitrogens is 5. The second-order valence-electron chi connectivity index (χ2n) is 4.16. The number of fused-ring (bicyclic) bond motifs is 1. The molecule has 0 saturated carbocycles. The third-order valence-corrected chi connectivity index (χ3v) is 2.78. The molecule has 0 atom stereocenters. The Morgan fingerprint density at radius 1 is 1.42 bits per heavy atom. The van der Waals surface area contributed by atoms with E-state index in [1.807, 2.05) is 24.4 Å². The Labute approximate surface area is 108 Å². The minimum absolute atomic E-state index is 0.247. The lowest BCUT2D eigenvalue weighted by atomic mass is 10.2. The zero-order chi connectivity index (χ0) is 13.2. The molecule has 19 heavy (non-hydrogen) atoms. The van der Waals surface area contributed by atoms with Crippen molar-refractivity contribution < 1.29 is 4.79 Å². The Kier molecular flexibility index (Phi) is 2.71. The summed E-state index contributed by atoms with van der Waals surface area (Å²) in [6.07, 6.45) is 5.18. The van der Waals surface area contributed by atoms with Gasteiger partial charge < -0.3 is 5.32 Å². The molecule has 7 heteroatoms. The SMILES string of the molecule is Cn1cc(C(=O)NCc2cnn3ccccc23)nn1. The van der Waals surface area contributed by atoms with Crippen LogP contribution in [0.25, 0.3) is 5.52 Å². The molecule has 0 spiro atoms. The van der Waals surface area contributed by atoms with Crippen molar-refractivity contribution in [2.24, 2.45) is 7.05 Å². The summed E-state index contributed by atoms with van der Waals surface area (Å²) in [5, 5.41) is 14.5. The van der Waals surface area contributed by atoms with Crippen LogP contribution < -0.4 is 5.32 Å². The first-order valence-corrected chi connectivity index (χ1v) is 5.80. The molecule has 0 aromatic carbocycles. The number of hydrogen-bond acceptors (Lipinski definition) is 4. The molecule has 0 radical (unpaired) electrons. The average molecular weight is 256 g/mol. The minimum atomic E-state index is -0.247. The van der Waals surface area contributed by atoms with Gasteiger partial charge >= 0.3 is 0 Å². The molecule has 1 N–H and O–H groups in total. The normalized spacial score (nSPS) is 10.8. The maximum atomic E-state index is 11.8. The third-order valence-electron chi connectivity index (χ3n) is 2.78. The van der Waals surface area contributed by atoms with Gasteiger partial charge in [-0.3, -0.25) is 9.48 Å². The van der Waals surface area contributed by atoms with Crippen molar-refractivity contribution in [3.63, 3.8) is 0 Å². The topological polar surface area (TPSA) is 77.1 Å². The van der Waals surface area contributed by atoms with Crippen LogP contribution in [0, 0.1) is 0 Å². The maximum Gasteiger partial charge on any atom is 0.273 e. The van der Waals surface area contributed by atoms with Crippen LogP contribution in [-0.2, 0) is 13.6 Å². The Balaban J connectivity index is 1.74. The number of amides is 1. The van der Waals surface area contributed by atoms with E-state index in [9.17, 15) is 4.79 Å². The highest BCUT2D eigenvalue weighted by atomic mass is 16.2. The van der Waals surface area contributed by atoms with Crippen LogP contribution in [0.5, 0.6) is 0 Å². The number of rotatable bonds is 3. The van der Waals surface area contributed by atoms with Gasteiger partial charge in [-0.05, 0) is 12.1 Å². The lowest BCUT2D eigenvalue weighted by Gasteiger charge is -2.01. The molecular formula is C12H12N6O. The molecule has 96 valence electrons. The number of nitrogens with one attached hydrogen (secondary N) is 1. The summed E-state index contributed by atoms with van der Waals surface area (Å²) in [7, 11) is 1.72. The largest absolute Gasteiger partial charge is 0.346 e. The molecule has 0 unspecified atom stereocenters. The monoisotopic (exact) mass is 256 g/mol. The fourth-order valence-corrected chi connectivity index (χ4v) is 1.84.